The Bertz CT molecular complexity index is 1220. The third-order valence-corrected chi connectivity index (χ3v) is 6.36. The number of pyridine rings is 1. The van der Waals surface area contributed by atoms with Gasteiger partial charge in [0.05, 0.1) is 29.5 Å². The largest absolute Gasteiger partial charge is 0.507 e. The molecule has 0 bridgehead atoms. The molecule has 1 saturated heterocycles. The Hall–Kier alpha value is -3.42. The van der Waals surface area contributed by atoms with Gasteiger partial charge < -0.3 is 14.7 Å². The van der Waals surface area contributed by atoms with E-state index in [4.69, 9.17) is 9.72 Å². The molecular formula is C25H21N3O3S. The van der Waals surface area contributed by atoms with E-state index in [0.29, 0.717) is 23.8 Å². The van der Waals surface area contributed by atoms with Crippen LogP contribution in [-0.4, -0.2) is 52.4 Å². The summed E-state index contributed by atoms with van der Waals surface area (Å²) in [4.78, 5) is 24.0. The van der Waals surface area contributed by atoms with Crippen LogP contribution in [0.5, 0.6) is 5.75 Å². The Labute approximate surface area is 190 Å². The number of ether oxygens (including phenoxy) is 1. The molecule has 0 saturated carbocycles. The van der Waals surface area contributed by atoms with Gasteiger partial charge in [-0.05, 0) is 53.7 Å². The van der Waals surface area contributed by atoms with Crippen molar-refractivity contribution in [1.82, 2.24) is 9.88 Å². The highest BCUT2D eigenvalue weighted by Crippen LogP contribution is 2.34. The minimum Gasteiger partial charge on any atom is -0.507 e. The number of carbonyl (C=O) groups excluding carboxylic acids is 1. The van der Waals surface area contributed by atoms with Crippen LogP contribution in [0.2, 0.25) is 0 Å². The summed E-state index contributed by atoms with van der Waals surface area (Å²) >= 11 is 1.38. The summed E-state index contributed by atoms with van der Waals surface area (Å²) in [5.41, 5.74) is 4.02. The van der Waals surface area contributed by atoms with Crippen LogP contribution in [0.4, 0.5) is 0 Å². The number of thioether (sulfide) groups is 1. The van der Waals surface area contributed by atoms with Gasteiger partial charge in [0.2, 0.25) is 0 Å². The average molecular weight is 444 g/mol. The molecule has 1 amide bonds. The minimum absolute atomic E-state index is 0.221. The molecule has 1 fully saturated rings. The molecule has 5 rings (SSSR count). The van der Waals surface area contributed by atoms with Gasteiger partial charge in [0.25, 0.3) is 5.91 Å². The molecule has 32 heavy (non-hydrogen) atoms. The summed E-state index contributed by atoms with van der Waals surface area (Å²) in [6.07, 6.45) is 1.78. The molecular weight excluding hydrogens is 422 g/mol. The number of aromatic nitrogens is 1. The molecule has 2 aliphatic heterocycles. The zero-order valence-electron chi connectivity index (χ0n) is 17.3. The zero-order chi connectivity index (χ0) is 21.9. The van der Waals surface area contributed by atoms with E-state index < -0.39 is 0 Å². The lowest BCUT2D eigenvalue weighted by Crippen LogP contribution is -2.38. The second-order valence-corrected chi connectivity index (χ2v) is 8.46. The van der Waals surface area contributed by atoms with Crippen LogP contribution in [-0.2, 0) is 9.53 Å². The number of nitrogens with zero attached hydrogens (tertiary/aromatic N) is 3. The quantitative estimate of drug-likeness (QED) is 0.604. The molecule has 3 aromatic rings. The van der Waals surface area contributed by atoms with Gasteiger partial charge in [-0.2, -0.15) is 4.99 Å². The number of phenols is 1. The molecule has 6 nitrogen and oxygen atoms in total. The minimum atomic E-state index is -0.236. The van der Waals surface area contributed by atoms with Crippen molar-refractivity contribution < 1.29 is 14.6 Å². The number of morpholine rings is 1. The molecule has 0 atom stereocenters. The van der Waals surface area contributed by atoms with Gasteiger partial charge in [0.1, 0.15) is 5.75 Å². The maximum absolute atomic E-state index is 12.4. The number of amides is 1. The van der Waals surface area contributed by atoms with E-state index in [0.717, 1.165) is 40.6 Å². The summed E-state index contributed by atoms with van der Waals surface area (Å²) in [6.45, 7) is 2.78. The number of aromatic hydroxyl groups is 1. The van der Waals surface area contributed by atoms with Crippen molar-refractivity contribution in [2.24, 2.45) is 4.99 Å². The number of hydrogen-bond acceptors (Lipinski definition) is 6. The molecule has 0 aliphatic carbocycles. The first kappa shape index (κ1) is 20.5. The summed E-state index contributed by atoms with van der Waals surface area (Å²) in [5.74, 6) is -0.0151. The van der Waals surface area contributed by atoms with Crippen LogP contribution in [0.3, 0.4) is 0 Å². The molecule has 1 aromatic heterocycles. The predicted molar refractivity (Wildman–Crippen MR) is 127 cm³/mol. The fourth-order valence-corrected chi connectivity index (χ4v) is 4.61. The van der Waals surface area contributed by atoms with E-state index in [2.05, 4.69) is 9.89 Å². The van der Waals surface area contributed by atoms with E-state index in [-0.39, 0.29) is 11.7 Å². The van der Waals surface area contributed by atoms with Gasteiger partial charge in [-0.25, -0.2) is 4.98 Å². The number of aliphatic imine (C=N–C) groups is 1. The second kappa shape index (κ2) is 8.98. The topological polar surface area (TPSA) is 75.0 Å². The van der Waals surface area contributed by atoms with Gasteiger partial charge in [0, 0.05) is 24.2 Å². The van der Waals surface area contributed by atoms with Gasteiger partial charge >= 0.3 is 0 Å². The molecule has 2 aliphatic rings. The van der Waals surface area contributed by atoms with Crippen molar-refractivity contribution in [3.63, 3.8) is 0 Å². The standard InChI is InChI=1S/C25H21N3O3S/c29-22-10-9-18(15-20(22)17-5-2-1-3-6-17)21-8-4-7-19(26-21)16-23-24(30)27-25(32-23)28-11-13-31-14-12-28/h1-10,15-16,29H,11-14H2. The lowest BCUT2D eigenvalue weighted by Gasteiger charge is -2.27. The lowest BCUT2D eigenvalue weighted by atomic mass is 10.0. The van der Waals surface area contributed by atoms with E-state index in [1.165, 1.54) is 11.8 Å². The van der Waals surface area contributed by atoms with Crippen LogP contribution in [0, 0.1) is 0 Å². The van der Waals surface area contributed by atoms with Crippen molar-refractivity contribution in [3.8, 4) is 28.1 Å². The first-order valence-electron chi connectivity index (χ1n) is 10.4. The number of rotatable bonds is 3. The van der Waals surface area contributed by atoms with Crippen LogP contribution >= 0.6 is 11.8 Å². The molecule has 3 heterocycles. The van der Waals surface area contributed by atoms with Crippen LogP contribution in [0.1, 0.15) is 5.69 Å². The molecule has 160 valence electrons. The third kappa shape index (κ3) is 4.30. The normalized spacial score (nSPS) is 17.6. The van der Waals surface area contributed by atoms with E-state index >= 15 is 0 Å². The van der Waals surface area contributed by atoms with Crippen molar-refractivity contribution in [3.05, 3.63) is 77.3 Å². The van der Waals surface area contributed by atoms with E-state index in [9.17, 15) is 9.90 Å². The highest BCUT2D eigenvalue weighted by molar-refractivity contribution is 8.18. The Kier molecular flexibility index (Phi) is 5.75. The first-order chi connectivity index (χ1) is 15.7. The Morgan fingerprint density at radius 1 is 0.969 bits per heavy atom. The van der Waals surface area contributed by atoms with Crippen molar-refractivity contribution in [2.75, 3.05) is 26.3 Å². The van der Waals surface area contributed by atoms with E-state index in [1.54, 1.807) is 12.1 Å². The number of amidine groups is 1. The predicted octanol–water partition coefficient (Wildman–Crippen LogP) is 4.42. The maximum Gasteiger partial charge on any atom is 0.286 e. The smallest absolute Gasteiger partial charge is 0.286 e. The average Bonchev–Trinajstić information content (AvgIpc) is 3.21. The molecule has 0 unspecified atom stereocenters. The molecule has 0 spiro atoms. The van der Waals surface area contributed by atoms with Crippen molar-refractivity contribution >= 4 is 28.9 Å². The number of hydrogen-bond donors (Lipinski definition) is 1. The van der Waals surface area contributed by atoms with Crippen LogP contribution in [0.15, 0.2) is 76.6 Å². The Balaban J connectivity index is 1.41. The maximum atomic E-state index is 12.4. The monoisotopic (exact) mass is 443 g/mol. The first-order valence-corrected chi connectivity index (χ1v) is 11.2. The van der Waals surface area contributed by atoms with Gasteiger partial charge in [-0.3, -0.25) is 4.79 Å². The highest BCUT2D eigenvalue weighted by atomic mass is 32.2. The molecule has 2 aromatic carbocycles. The van der Waals surface area contributed by atoms with Crippen LogP contribution in [0.25, 0.3) is 28.5 Å². The van der Waals surface area contributed by atoms with Crippen molar-refractivity contribution in [1.29, 1.82) is 0 Å². The van der Waals surface area contributed by atoms with Gasteiger partial charge in [-0.1, -0.05) is 36.4 Å². The summed E-state index contributed by atoms with van der Waals surface area (Å²) < 4.78 is 5.38. The third-order valence-electron chi connectivity index (χ3n) is 5.32. The number of phenolic OH excluding ortho intramolecular Hbond substituents is 1. The molecule has 7 heteroatoms. The summed E-state index contributed by atoms with van der Waals surface area (Å²) in [6, 6.07) is 20.9. The molecule has 1 N–H and O–H groups in total. The van der Waals surface area contributed by atoms with Gasteiger partial charge in [0.15, 0.2) is 5.17 Å². The zero-order valence-corrected chi connectivity index (χ0v) is 18.1. The Morgan fingerprint density at radius 2 is 1.78 bits per heavy atom. The molecule has 0 radical (unpaired) electrons. The SMILES string of the molecule is O=C1N=C(N2CCOCC2)SC1=Cc1cccc(-c2ccc(O)c(-c3ccccc3)c2)n1. The van der Waals surface area contributed by atoms with Crippen LogP contribution < -0.4 is 0 Å². The Morgan fingerprint density at radius 3 is 2.59 bits per heavy atom. The fraction of sp³-hybridized carbons (Fsp3) is 0.160. The summed E-state index contributed by atoms with van der Waals surface area (Å²) in [7, 11) is 0. The summed E-state index contributed by atoms with van der Waals surface area (Å²) in [5, 5.41) is 11.1. The van der Waals surface area contributed by atoms with Crippen molar-refractivity contribution in [2.45, 2.75) is 0 Å². The fourth-order valence-electron chi connectivity index (χ4n) is 3.66. The van der Waals surface area contributed by atoms with E-state index in [1.807, 2.05) is 60.7 Å². The second-order valence-electron chi connectivity index (χ2n) is 7.46. The van der Waals surface area contributed by atoms with Gasteiger partial charge in [-0.15, -0.1) is 0 Å². The number of benzene rings is 2. The highest BCUT2D eigenvalue weighted by Gasteiger charge is 2.27. The number of carbonyl (C=O) groups is 1. The lowest BCUT2D eigenvalue weighted by molar-refractivity contribution is -0.113.